The Hall–Kier alpha value is -1.42. The highest BCUT2D eigenvalue weighted by Gasteiger charge is 2.23. The number of hydrogen-bond donors (Lipinski definition) is 0. The lowest BCUT2D eigenvalue weighted by molar-refractivity contribution is 0.137. The molecule has 1 aliphatic heterocycles. The molecular weight excluding hydrogens is 241 g/mol. The van der Waals surface area contributed by atoms with E-state index >= 15 is 0 Å². The Morgan fingerprint density at radius 3 is 3.00 bits per heavy atom. The molecule has 1 saturated heterocycles. The van der Waals surface area contributed by atoms with E-state index in [1.165, 1.54) is 19.0 Å². The number of fused-ring (bicyclic) bond motifs is 1. The molecule has 3 nitrogen and oxygen atoms in total. The molecule has 1 fully saturated rings. The highest BCUT2D eigenvalue weighted by Crippen LogP contribution is 2.24. The summed E-state index contributed by atoms with van der Waals surface area (Å²) in [5.74, 6) is -0.195. The topological polar surface area (TPSA) is 21.1 Å². The second kappa shape index (κ2) is 4.93. The first-order valence-electron chi connectivity index (χ1n) is 7.02. The summed E-state index contributed by atoms with van der Waals surface area (Å²) in [6.45, 7) is 6.67. The first kappa shape index (κ1) is 12.6. The Morgan fingerprint density at radius 1 is 1.37 bits per heavy atom. The first-order valence-corrected chi connectivity index (χ1v) is 7.02. The Labute approximate surface area is 113 Å². The summed E-state index contributed by atoms with van der Waals surface area (Å²) in [7, 11) is 0. The smallest absolute Gasteiger partial charge is 0.124 e. The number of nitrogens with zero attached hydrogens (tertiary/aromatic N) is 3. The van der Waals surface area contributed by atoms with Gasteiger partial charge < -0.3 is 0 Å². The third-order valence-corrected chi connectivity index (χ3v) is 4.02. The molecule has 0 saturated carbocycles. The maximum atomic E-state index is 13.2. The highest BCUT2D eigenvalue weighted by molar-refractivity contribution is 5.77. The van der Waals surface area contributed by atoms with Crippen molar-refractivity contribution < 1.29 is 4.39 Å². The van der Waals surface area contributed by atoms with Crippen LogP contribution in [0.3, 0.4) is 0 Å². The minimum Gasteiger partial charge on any atom is -0.299 e. The van der Waals surface area contributed by atoms with E-state index in [-0.39, 0.29) is 5.82 Å². The zero-order valence-electron chi connectivity index (χ0n) is 11.5. The second-order valence-electron chi connectivity index (χ2n) is 5.70. The van der Waals surface area contributed by atoms with Gasteiger partial charge in [0.25, 0.3) is 0 Å². The molecule has 1 aromatic heterocycles. The summed E-state index contributed by atoms with van der Waals surface area (Å²) in [5, 5.41) is 5.49. The van der Waals surface area contributed by atoms with E-state index in [2.05, 4.69) is 23.8 Å². The third kappa shape index (κ3) is 2.50. The Balaban J connectivity index is 1.87. The van der Waals surface area contributed by atoms with E-state index < -0.39 is 0 Å². The van der Waals surface area contributed by atoms with Gasteiger partial charge in [0.05, 0.1) is 11.6 Å². The van der Waals surface area contributed by atoms with E-state index in [0.717, 1.165) is 23.9 Å². The Kier molecular flexibility index (Phi) is 3.27. The number of likely N-dealkylation sites (tertiary alicyclic amines) is 1. The van der Waals surface area contributed by atoms with Crippen LogP contribution in [0.5, 0.6) is 0 Å². The fourth-order valence-corrected chi connectivity index (χ4v) is 2.87. The average Bonchev–Trinajstić information content (AvgIpc) is 2.81. The predicted molar refractivity (Wildman–Crippen MR) is 74.7 cm³/mol. The third-order valence-electron chi connectivity index (χ3n) is 4.02. The highest BCUT2D eigenvalue weighted by atomic mass is 19.1. The van der Waals surface area contributed by atoms with Crippen molar-refractivity contribution in [3.05, 3.63) is 30.2 Å². The summed E-state index contributed by atoms with van der Waals surface area (Å²) < 4.78 is 15.2. The van der Waals surface area contributed by atoms with Gasteiger partial charge in [-0.25, -0.2) is 4.39 Å². The van der Waals surface area contributed by atoms with Gasteiger partial charge in [0.2, 0.25) is 0 Å². The van der Waals surface area contributed by atoms with Crippen molar-refractivity contribution in [2.24, 2.45) is 0 Å². The molecule has 0 aliphatic carbocycles. The van der Waals surface area contributed by atoms with Gasteiger partial charge in [0.15, 0.2) is 0 Å². The van der Waals surface area contributed by atoms with E-state index in [0.29, 0.717) is 12.1 Å². The second-order valence-corrected chi connectivity index (χ2v) is 5.70. The summed E-state index contributed by atoms with van der Waals surface area (Å²) >= 11 is 0. The van der Waals surface area contributed by atoms with Gasteiger partial charge in [0, 0.05) is 24.2 Å². The molecule has 1 atom stereocenters. The van der Waals surface area contributed by atoms with Crippen molar-refractivity contribution >= 4 is 10.9 Å². The van der Waals surface area contributed by atoms with Gasteiger partial charge >= 0.3 is 0 Å². The maximum Gasteiger partial charge on any atom is 0.124 e. The van der Waals surface area contributed by atoms with Gasteiger partial charge in [-0.3, -0.25) is 9.58 Å². The summed E-state index contributed by atoms with van der Waals surface area (Å²) in [5.41, 5.74) is 0.878. The Bertz CT molecular complexity index is 576. The lowest BCUT2D eigenvalue weighted by Gasteiger charge is -2.35. The molecule has 2 heterocycles. The number of benzene rings is 1. The van der Waals surface area contributed by atoms with E-state index in [9.17, 15) is 4.39 Å². The molecular formula is C15H20FN3. The monoisotopic (exact) mass is 261 g/mol. The standard InChI is InChI=1S/C15H20FN3/c1-11(2)18-7-3-4-14(10-18)19-9-12-8-13(16)5-6-15(12)17-19/h5-6,8-9,11,14H,3-4,7,10H2,1-2H3. The van der Waals surface area contributed by atoms with Gasteiger partial charge in [0.1, 0.15) is 5.82 Å². The summed E-state index contributed by atoms with van der Waals surface area (Å²) in [6.07, 6.45) is 4.33. The zero-order valence-corrected chi connectivity index (χ0v) is 11.5. The molecule has 3 rings (SSSR count). The van der Waals surface area contributed by atoms with Crippen molar-refractivity contribution in [1.82, 2.24) is 14.7 Å². The van der Waals surface area contributed by atoms with Gasteiger partial charge in [-0.2, -0.15) is 5.10 Å². The van der Waals surface area contributed by atoms with Gasteiger partial charge in [-0.15, -0.1) is 0 Å². The average molecular weight is 261 g/mol. The summed E-state index contributed by atoms with van der Waals surface area (Å²) in [6, 6.07) is 5.77. The van der Waals surface area contributed by atoms with Crippen LogP contribution in [0.4, 0.5) is 4.39 Å². The molecule has 0 N–H and O–H groups in total. The fraction of sp³-hybridized carbons (Fsp3) is 0.533. The normalized spacial score (nSPS) is 21.4. The molecule has 0 bridgehead atoms. The molecule has 1 unspecified atom stereocenters. The minimum absolute atomic E-state index is 0.195. The molecule has 0 amide bonds. The van der Waals surface area contributed by atoms with Gasteiger partial charge in [-0.05, 0) is 51.4 Å². The number of aromatic nitrogens is 2. The predicted octanol–water partition coefficient (Wildman–Crippen LogP) is 3.22. The lowest BCUT2D eigenvalue weighted by Crippen LogP contribution is -2.40. The van der Waals surface area contributed by atoms with Gasteiger partial charge in [-0.1, -0.05) is 0 Å². The van der Waals surface area contributed by atoms with Crippen molar-refractivity contribution in [2.75, 3.05) is 13.1 Å². The van der Waals surface area contributed by atoms with Crippen LogP contribution in [-0.2, 0) is 0 Å². The number of piperidine rings is 1. The van der Waals surface area contributed by atoms with Crippen LogP contribution in [0, 0.1) is 5.82 Å². The largest absolute Gasteiger partial charge is 0.299 e. The van der Waals surface area contributed by atoms with Crippen LogP contribution < -0.4 is 0 Å². The number of rotatable bonds is 2. The van der Waals surface area contributed by atoms with Crippen molar-refractivity contribution in [2.45, 2.75) is 38.8 Å². The molecule has 0 spiro atoms. The molecule has 19 heavy (non-hydrogen) atoms. The Morgan fingerprint density at radius 2 is 2.21 bits per heavy atom. The number of hydrogen-bond acceptors (Lipinski definition) is 2. The van der Waals surface area contributed by atoms with Crippen LogP contribution in [0.15, 0.2) is 24.4 Å². The minimum atomic E-state index is -0.195. The maximum absolute atomic E-state index is 13.2. The first-order chi connectivity index (χ1) is 9.13. The van der Waals surface area contributed by atoms with Crippen molar-refractivity contribution in [1.29, 1.82) is 0 Å². The van der Waals surface area contributed by atoms with Crippen LogP contribution in [0.1, 0.15) is 32.7 Å². The van der Waals surface area contributed by atoms with Crippen LogP contribution in [0.25, 0.3) is 10.9 Å². The quantitative estimate of drug-likeness (QED) is 0.827. The molecule has 2 aromatic rings. The van der Waals surface area contributed by atoms with E-state index in [4.69, 9.17) is 0 Å². The van der Waals surface area contributed by atoms with Crippen molar-refractivity contribution in [3.63, 3.8) is 0 Å². The molecule has 1 aliphatic rings. The van der Waals surface area contributed by atoms with Crippen molar-refractivity contribution in [3.8, 4) is 0 Å². The number of halogens is 1. The van der Waals surface area contributed by atoms with Crippen LogP contribution in [-0.4, -0.2) is 33.8 Å². The molecule has 1 aromatic carbocycles. The van der Waals surface area contributed by atoms with Crippen LogP contribution in [0.2, 0.25) is 0 Å². The molecule has 4 heteroatoms. The fourth-order valence-electron chi connectivity index (χ4n) is 2.87. The SMILES string of the molecule is CC(C)N1CCCC(n2cc3cc(F)ccc3n2)C1. The molecule has 0 radical (unpaired) electrons. The lowest BCUT2D eigenvalue weighted by atomic mass is 10.0. The van der Waals surface area contributed by atoms with Crippen LogP contribution >= 0.6 is 0 Å². The molecule has 102 valence electrons. The zero-order chi connectivity index (χ0) is 13.4. The summed E-state index contributed by atoms with van der Waals surface area (Å²) in [4.78, 5) is 2.49. The van der Waals surface area contributed by atoms with E-state index in [1.807, 2.05) is 10.9 Å². The van der Waals surface area contributed by atoms with E-state index in [1.54, 1.807) is 12.1 Å².